The molecule has 1 unspecified atom stereocenters. The minimum atomic E-state index is -0.856. The average molecular weight is 451 g/mol. The first-order chi connectivity index (χ1) is 15.0. The van der Waals surface area contributed by atoms with Crippen molar-refractivity contribution in [2.24, 2.45) is 52.3 Å². The molecule has 0 aromatic heterocycles. The zero-order valence-corrected chi connectivity index (χ0v) is 20.4. The second-order valence-corrected chi connectivity index (χ2v) is 12.4. The lowest BCUT2D eigenvalue weighted by Gasteiger charge is -2.63. The molecule has 32 heavy (non-hydrogen) atoms. The quantitative estimate of drug-likeness (QED) is 0.414. The predicted octanol–water partition coefficient (Wildman–Crippen LogP) is 3.13. The van der Waals surface area contributed by atoms with Gasteiger partial charge in [-0.15, -0.1) is 0 Å². The Bertz CT molecular complexity index is 696. The van der Waals surface area contributed by atoms with Crippen molar-refractivity contribution in [3.8, 4) is 0 Å². The molecule has 4 saturated carbocycles. The molecule has 4 aliphatic rings. The van der Waals surface area contributed by atoms with Crippen LogP contribution in [0.1, 0.15) is 72.6 Å². The van der Waals surface area contributed by atoms with Crippen LogP contribution in [0.15, 0.2) is 12.2 Å². The highest BCUT2D eigenvalue weighted by molar-refractivity contribution is 5.15. The normalized spacial score (nSPS) is 52.8. The van der Waals surface area contributed by atoms with Crippen LogP contribution in [0.3, 0.4) is 0 Å². The maximum Gasteiger partial charge on any atom is 0.0857 e. The van der Waals surface area contributed by atoms with Crippen molar-refractivity contribution in [1.82, 2.24) is 0 Å². The molecular weight excluding hydrogens is 404 g/mol. The third-order valence-electron chi connectivity index (χ3n) is 10.7. The van der Waals surface area contributed by atoms with E-state index in [-0.39, 0.29) is 41.3 Å². The van der Waals surface area contributed by atoms with Gasteiger partial charge in [-0.1, -0.05) is 39.8 Å². The smallest absolute Gasteiger partial charge is 0.0857 e. The Morgan fingerprint density at radius 1 is 0.844 bits per heavy atom. The van der Waals surface area contributed by atoms with Gasteiger partial charge in [0.1, 0.15) is 0 Å². The van der Waals surface area contributed by atoms with Gasteiger partial charge in [0.05, 0.1) is 24.4 Å². The first-order valence-corrected chi connectivity index (χ1v) is 13.1. The van der Waals surface area contributed by atoms with E-state index in [9.17, 15) is 25.5 Å². The Balaban J connectivity index is 1.58. The molecule has 0 aliphatic heterocycles. The van der Waals surface area contributed by atoms with Crippen LogP contribution in [-0.4, -0.2) is 56.6 Å². The van der Waals surface area contributed by atoms with Crippen molar-refractivity contribution >= 4 is 0 Å². The van der Waals surface area contributed by atoms with Gasteiger partial charge in [0.15, 0.2) is 0 Å². The summed E-state index contributed by atoms with van der Waals surface area (Å²) in [4.78, 5) is 0. The van der Waals surface area contributed by atoms with Crippen molar-refractivity contribution in [3.63, 3.8) is 0 Å². The number of aliphatic hydroxyl groups is 5. The summed E-state index contributed by atoms with van der Waals surface area (Å²) in [5.74, 6) is 1.65. The molecule has 0 amide bonds. The Kier molecular flexibility index (Phi) is 6.90. The van der Waals surface area contributed by atoms with Gasteiger partial charge in [-0.2, -0.15) is 0 Å². The molecule has 5 nitrogen and oxygen atoms in total. The van der Waals surface area contributed by atoms with Crippen LogP contribution >= 0.6 is 0 Å². The Labute approximate surface area is 193 Å². The fourth-order valence-corrected chi connectivity index (χ4v) is 9.11. The minimum absolute atomic E-state index is 0.0419. The molecule has 4 fully saturated rings. The Morgan fingerprint density at radius 2 is 1.50 bits per heavy atom. The second-order valence-electron chi connectivity index (χ2n) is 12.4. The molecule has 0 saturated heterocycles. The lowest BCUT2D eigenvalue weighted by molar-refractivity contribution is -0.217. The molecule has 0 spiro atoms. The molecule has 0 heterocycles. The molecule has 0 aromatic carbocycles. The van der Waals surface area contributed by atoms with Gasteiger partial charge >= 0.3 is 0 Å². The van der Waals surface area contributed by atoms with E-state index in [1.165, 1.54) is 0 Å². The summed E-state index contributed by atoms with van der Waals surface area (Å²) in [5, 5.41) is 52.7. The van der Waals surface area contributed by atoms with Gasteiger partial charge < -0.3 is 25.5 Å². The number of hydrogen-bond donors (Lipinski definition) is 5. The highest BCUT2D eigenvalue weighted by Gasteiger charge is 2.65. The molecule has 4 rings (SSSR count). The Hall–Kier alpha value is -0.460. The third kappa shape index (κ3) is 3.80. The maximum atomic E-state index is 11.3. The molecule has 0 bridgehead atoms. The summed E-state index contributed by atoms with van der Waals surface area (Å²) < 4.78 is 0. The highest BCUT2D eigenvalue weighted by atomic mass is 16.3. The molecular formula is C27H46O5. The van der Waals surface area contributed by atoms with Crippen molar-refractivity contribution in [2.75, 3.05) is 6.61 Å². The van der Waals surface area contributed by atoms with Gasteiger partial charge in [-0.05, 0) is 91.3 Å². The van der Waals surface area contributed by atoms with Crippen molar-refractivity contribution in [1.29, 1.82) is 0 Å². The number of rotatable bonds is 5. The summed E-state index contributed by atoms with van der Waals surface area (Å²) in [5.41, 5.74) is -0.147. The summed E-state index contributed by atoms with van der Waals surface area (Å²) in [7, 11) is 0. The van der Waals surface area contributed by atoms with Gasteiger partial charge in [-0.3, -0.25) is 0 Å². The van der Waals surface area contributed by atoms with E-state index in [1.54, 1.807) is 0 Å². The second kappa shape index (κ2) is 8.96. The first-order valence-electron chi connectivity index (χ1n) is 13.1. The number of allylic oxidation sites excluding steroid dienone is 2. The molecule has 5 N–H and O–H groups in total. The number of aliphatic hydroxyl groups excluding tert-OH is 5. The molecule has 13 atom stereocenters. The number of hydrogen-bond acceptors (Lipinski definition) is 5. The van der Waals surface area contributed by atoms with E-state index in [0.29, 0.717) is 36.5 Å². The van der Waals surface area contributed by atoms with E-state index in [0.717, 1.165) is 32.1 Å². The van der Waals surface area contributed by atoms with Gasteiger partial charge in [0, 0.05) is 12.5 Å². The maximum absolute atomic E-state index is 11.3. The predicted molar refractivity (Wildman–Crippen MR) is 125 cm³/mol. The van der Waals surface area contributed by atoms with Crippen LogP contribution in [0, 0.1) is 52.3 Å². The molecule has 0 aromatic rings. The van der Waals surface area contributed by atoms with Crippen LogP contribution < -0.4 is 0 Å². The first kappa shape index (κ1) is 24.7. The SMILES string of the molecule is CC(/C=C/[C@@H](C)[C@H]1C[C@@H](O)[C@H]2[C@@H]3C[C@H](O)[C@H]4[C@@H](O)[C@@H](O)CC[C@]4(C)[C@H]3CC[C@@]21C)CCO. The van der Waals surface area contributed by atoms with Crippen LogP contribution in [0.5, 0.6) is 0 Å². The summed E-state index contributed by atoms with van der Waals surface area (Å²) in [6, 6.07) is 0. The van der Waals surface area contributed by atoms with E-state index in [4.69, 9.17) is 0 Å². The van der Waals surface area contributed by atoms with Crippen molar-refractivity contribution in [2.45, 2.75) is 97.1 Å². The van der Waals surface area contributed by atoms with Crippen LogP contribution in [0.4, 0.5) is 0 Å². The molecule has 0 radical (unpaired) electrons. The monoisotopic (exact) mass is 450 g/mol. The lowest BCUT2D eigenvalue weighted by Crippen LogP contribution is -2.63. The summed E-state index contributed by atoms with van der Waals surface area (Å²) in [6.45, 7) is 9.21. The third-order valence-corrected chi connectivity index (χ3v) is 10.7. The zero-order valence-electron chi connectivity index (χ0n) is 20.4. The molecule has 4 aliphatic carbocycles. The van der Waals surface area contributed by atoms with Crippen LogP contribution in [0.25, 0.3) is 0 Å². The van der Waals surface area contributed by atoms with Crippen molar-refractivity contribution in [3.05, 3.63) is 12.2 Å². The minimum Gasteiger partial charge on any atom is -0.396 e. The summed E-state index contributed by atoms with van der Waals surface area (Å²) >= 11 is 0. The fourth-order valence-electron chi connectivity index (χ4n) is 9.11. The van der Waals surface area contributed by atoms with E-state index >= 15 is 0 Å². The largest absolute Gasteiger partial charge is 0.396 e. The number of fused-ring (bicyclic) bond motifs is 5. The van der Waals surface area contributed by atoms with E-state index in [1.807, 2.05) is 0 Å². The Morgan fingerprint density at radius 3 is 2.19 bits per heavy atom. The van der Waals surface area contributed by atoms with Crippen molar-refractivity contribution < 1.29 is 25.5 Å². The van der Waals surface area contributed by atoms with E-state index in [2.05, 4.69) is 39.8 Å². The van der Waals surface area contributed by atoms with Gasteiger partial charge in [0.2, 0.25) is 0 Å². The lowest BCUT2D eigenvalue weighted by atomic mass is 9.43. The van der Waals surface area contributed by atoms with Gasteiger partial charge in [-0.25, -0.2) is 0 Å². The van der Waals surface area contributed by atoms with Crippen LogP contribution in [0.2, 0.25) is 0 Å². The highest BCUT2D eigenvalue weighted by Crippen LogP contribution is 2.68. The standard InChI is InChI=1S/C27H46O5/c1-15(9-12-28)5-6-16(2)19-14-22(31)23-17-13-21(30)24-25(32)20(29)8-11-26(24,3)18(17)7-10-27(19,23)4/h5-6,15-25,28-32H,7-14H2,1-4H3/b6-5+/t15?,16-,17-,18+,19-,20+,21+,22-,23-,24+,25+,26-,27-/m1/s1. The zero-order chi connectivity index (χ0) is 23.4. The fraction of sp³-hybridized carbons (Fsp3) is 0.926. The summed E-state index contributed by atoms with van der Waals surface area (Å²) in [6.07, 6.45) is 7.71. The van der Waals surface area contributed by atoms with E-state index < -0.39 is 18.3 Å². The molecule has 184 valence electrons. The topological polar surface area (TPSA) is 101 Å². The average Bonchev–Trinajstić information content (AvgIpc) is 3.00. The molecule has 5 heteroatoms. The van der Waals surface area contributed by atoms with Crippen LogP contribution in [-0.2, 0) is 0 Å². The van der Waals surface area contributed by atoms with Gasteiger partial charge in [0.25, 0.3) is 0 Å².